The Morgan fingerprint density at radius 2 is 1.50 bits per heavy atom. The van der Waals surface area contributed by atoms with Crippen molar-refractivity contribution in [2.75, 3.05) is 0 Å². The van der Waals surface area contributed by atoms with Gasteiger partial charge in [0.2, 0.25) is 0 Å². The van der Waals surface area contributed by atoms with Crippen LogP contribution in [0.5, 0.6) is 0 Å². The fourth-order valence-corrected chi connectivity index (χ4v) is 3.61. The molecule has 3 aliphatic carbocycles. The number of allylic oxidation sites excluding steroid dienone is 3. The largest absolute Gasteiger partial charge is 0.282 e. The first-order chi connectivity index (χ1) is 8.90. The third kappa shape index (κ3) is 1.83. The lowest BCUT2D eigenvalue weighted by molar-refractivity contribution is 0.244. The van der Waals surface area contributed by atoms with E-state index >= 15 is 0 Å². The SMILES string of the molecule is C1=C(C2CCC2)C=C(C2CCC2)[N]C1C1CCC1. The summed E-state index contributed by atoms with van der Waals surface area (Å²) in [6.07, 6.45) is 17.8. The lowest BCUT2D eigenvalue weighted by atomic mass is 9.72. The minimum atomic E-state index is 0.551. The van der Waals surface area contributed by atoms with Gasteiger partial charge in [0.15, 0.2) is 0 Å². The Morgan fingerprint density at radius 1 is 0.833 bits per heavy atom. The highest BCUT2D eigenvalue weighted by Crippen LogP contribution is 2.42. The molecule has 0 aromatic carbocycles. The monoisotopic (exact) mass is 242 g/mol. The third-order valence-electron chi connectivity index (χ3n) is 5.71. The first-order valence-corrected chi connectivity index (χ1v) is 8.04. The number of rotatable bonds is 3. The Kier molecular flexibility index (Phi) is 2.74. The van der Waals surface area contributed by atoms with Crippen LogP contribution in [0.15, 0.2) is 23.4 Å². The van der Waals surface area contributed by atoms with E-state index in [0.717, 1.165) is 17.8 Å². The molecule has 3 saturated carbocycles. The summed E-state index contributed by atoms with van der Waals surface area (Å²) < 4.78 is 0. The Bertz CT molecular complexity index is 380. The minimum Gasteiger partial charge on any atom is -0.282 e. The van der Waals surface area contributed by atoms with Crippen molar-refractivity contribution < 1.29 is 0 Å². The summed E-state index contributed by atoms with van der Waals surface area (Å²) in [6, 6.07) is 0.551. The second kappa shape index (κ2) is 4.43. The standard InChI is InChI=1S/C17H24N/c1-4-12(5-1)15-10-16(13-6-2-7-13)18-17(11-15)14-8-3-9-14/h10-14,16H,1-9H2. The summed E-state index contributed by atoms with van der Waals surface area (Å²) in [5, 5.41) is 5.10. The van der Waals surface area contributed by atoms with Gasteiger partial charge in [-0.05, 0) is 62.0 Å². The Hall–Kier alpha value is -0.720. The van der Waals surface area contributed by atoms with Crippen LogP contribution in [0.2, 0.25) is 0 Å². The van der Waals surface area contributed by atoms with Crippen molar-refractivity contribution in [2.24, 2.45) is 17.8 Å². The van der Waals surface area contributed by atoms with E-state index in [2.05, 4.69) is 12.2 Å². The Labute approximate surface area is 111 Å². The van der Waals surface area contributed by atoms with Crippen LogP contribution in [0, 0.1) is 17.8 Å². The quantitative estimate of drug-likeness (QED) is 0.705. The van der Waals surface area contributed by atoms with Gasteiger partial charge in [-0.2, -0.15) is 0 Å². The summed E-state index contributed by atoms with van der Waals surface area (Å²) in [7, 11) is 0. The summed E-state index contributed by atoms with van der Waals surface area (Å²) in [5.41, 5.74) is 3.14. The third-order valence-corrected chi connectivity index (χ3v) is 5.71. The Morgan fingerprint density at radius 3 is 2.00 bits per heavy atom. The van der Waals surface area contributed by atoms with E-state index in [1.807, 2.05) is 0 Å². The van der Waals surface area contributed by atoms with Crippen LogP contribution in [-0.2, 0) is 0 Å². The maximum Gasteiger partial charge on any atom is 0.0717 e. The molecule has 1 aliphatic heterocycles. The van der Waals surface area contributed by atoms with Crippen molar-refractivity contribution in [2.45, 2.75) is 63.8 Å². The fraction of sp³-hybridized carbons (Fsp3) is 0.765. The van der Waals surface area contributed by atoms with Crippen LogP contribution in [-0.4, -0.2) is 6.04 Å². The normalized spacial score (nSPS) is 33.7. The molecule has 1 heterocycles. The van der Waals surface area contributed by atoms with E-state index in [1.165, 1.54) is 63.5 Å². The van der Waals surface area contributed by atoms with Gasteiger partial charge in [-0.1, -0.05) is 25.3 Å². The molecular weight excluding hydrogens is 218 g/mol. The van der Waals surface area contributed by atoms with E-state index in [0.29, 0.717) is 6.04 Å². The van der Waals surface area contributed by atoms with E-state index < -0.39 is 0 Å². The first-order valence-electron chi connectivity index (χ1n) is 8.04. The molecule has 4 aliphatic rings. The molecule has 3 fully saturated rings. The molecule has 18 heavy (non-hydrogen) atoms. The molecule has 1 heteroatoms. The molecule has 1 atom stereocenters. The van der Waals surface area contributed by atoms with E-state index in [9.17, 15) is 0 Å². The van der Waals surface area contributed by atoms with Crippen molar-refractivity contribution in [1.29, 1.82) is 0 Å². The highest BCUT2D eigenvalue weighted by Gasteiger charge is 2.35. The van der Waals surface area contributed by atoms with E-state index in [1.54, 1.807) is 5.57 Å². The molecule has 0 aromatic heterocycles. The van der Waals surface area contributed by atoms with Crippen molar-refractivity contribution >= 4 is 0 Å². The van der Waals surface area contributed by atoms with Gasteiger partial charge >= 0.3 is 0 Å². The predicted molar refractivity (Wildman–Crippen MR) is 74.1 cm³/mol. The first kappa shape index (κ1) is 11.1. The molecular formula is C17H24N. The summed E-state index contributed by atoms with van der Waals surface area (Å²) in [6.45, 7) is 0. The van der Waals surface area contributed by atoms with Gasteiger partial charge < -0.3 is 0 Å². The fourth-order valence-electron chi connectivity index (χ4n) is 3.61. The molecule has 1 nitrogen and oxygen atoms in total. The molecule has 0 N–H and O–H groups in total. The molecule has 97 valence electrons. The van der Waals surface area contributed by atoms with Gasteiger partial charge in [0.1, 0.15) is 0 Å². The average molecular weight is 242 g/mol. The number of hydrogen-bond acceptors (Lipinski definition) is 0. The highest BCUT2D eigenvalue weighted by atomic mass is 15.0. The second-order valence-electron chi connectivity index (χ2n) is 6.80. The van der Waals surface area contributed by atoms with Crippen molar-refractivity contribution in [3.63, 3.8) is 0 Å². The summed E-state index contributed by atoms with van der Waals surface area (Å²) in [4.78, 5) is 0. The lowest BCUT2D eigenvalue weighted by Crippen LogP contribution is -2.38. The van der Waals surface area contributed by atoms with Crippen molar-refractivity contribution in [3.05, 3.63) is 23.4 Å². The van der Waals surface area contributed by atoms with Crippen LogP contribution in [0.3, 0.4) is 0 Å². The molecule has 4 rings (SSSR count). The molecule has 0 spiro atoms. The van der Waals surface area contributed by atoms with Crippen molar-refractivity contribution in [1.82, 2.24) is 5.32 Å². The van der Waals surface area contributed by atoms with Crippen LogP contribution >= 0.6 is 0 Å². The van der Waals surface area contributed by atoms with Gasteiger partial charge in [-0.3, -0.25) is 5.32 Å². The zero-order valence-corrected chi connectivity index (χ0v) is 11.3. The van der Waals surface area contributed by atoms with Crippen LogP contribution in [0.1, 0.15) is 57.8 Å². The summed E-state index contributed by atoms with van der Waals surface area (Å²) >= 11 is 0. The molecule has 0 aromatic rings. The van der Waals surface area contributed by atoms with Crippen LogP contribution < -0.4 is 5.32 Å². The average Bonchev–Trinajstić information content (AvgIpc) is 2.08. The maximum atomic E-state index is 5.10. The Balaban J connectivity index is 1.55. The molecule has 1 unspecified atom stereocenters. The van der Waals surface area contributed by atoms with Gasteiger partial charge in [-0.15, -0.1) is 0 Å². The van der Waals surface area contributed by atoms with Gasteiger partial charge in [-0.25, -0.2) is 0 Å². The molecule has 0 amide bonds. The smallest absolute Gasteiger partial charge is 0.0717 e. The zero-order chi connectivity index (χ0) is 11.9. The highest BCUT2D eigenvalue weighted by molar-refractivity contribution is 5.34. The van der Waals surface area contributed by atoms with E-state index in [-0.39, 0.29) is 0 Å². The van der Waals surface area contributed by atoms with E-state index in [4.69, 9.17) is 5.32 Å². The molecule has 1 radical (unpaired) electrons. The zero-order valence-electron chi connectivity index (χ0n) is 11.3. The van der Waals surface area contributed by atoms with Crippen molar-refractivity contribution in [3.8, 4) is 0 Å². The van der Waals surface area contributed by atoms with Crippen LogP contribution in [0.4, 0.5) is 0 Å². The maximum absolute atomic E-state index is 5.10. The number of hydrogen-bond donors (Lipinski definition) is 0. The minimum absolute atomic E-state index is 0.551. The number of nitrogens with zero attached hydrogens (tertiary/aromatic N) is 1. The lowest BCUT2D eigenvalue weighted by Gasteiger charge is -2.40. The summed E-state index contributed by atoms with van der Waals surface area (Å²) in [5.74, 6) is 2.58. The topological polar surface area (TPSA) is 14.1 Å². The molecule has 0 bridgehead atoms. The van der Waals surface area contributed by atoms with Crippen LogP contribution in [0.25, 0.3) is 0 Å². The van der Waals surface area contributed by atoms with Gasteiger partial charge in [0.05, 0.1) is 6.04 Å². The predicted octanol–water partition coefficient (Wildman–Crippen LogP) is 4.18. The second-order valence-corrected chi connectivity index (χ2v) is 6.80. The van der Waals surface area contributed by atoms with Gasteiger partial charge in [0.25, 0.3) is 0 Å². The van der Waals surface area contributed by atoms with Gasteiger partial charge in [0, 0.05) is 11.6 Å². The molecule has 0 saturated heterocycles.